The third-order valence-corrected chi connectivity index (χ3v) is 5.33. The average Bonchev–Trinajstić information content (AvgIpc) is 3.10. The lowest BCUT2D eigenvalue weighted by atomic mass is 10.00. The van der Waals surface area contributed by atoms with Gasteiger partial charge in [0.25, 0.3) is 0 Å². The molecule has 106 valence electrons. The maximum atomic E-state index is 12.4. The van der Waals surface area contributed by atoms with Crippen LogP contribution in [0.15, 0.2) is 0 Å². The molecule has 0 radical (unpaired) electrons. The average molecular weight is 264 g/mol. The molecule has 1 N–H and O–H groups in total. The maximum absolute atomic E-state index is 12.4. The molecule has 3 rings (SSSR count). The quantitative estimate of drug-likeness (QED) is 0.781. The third kappa shape index (κ3) is 2.31. The Morgan fingerprint density at radius 3 is 2.37 bits per heavy atom. The summed E-state index contributed by atoms with van der Waals surface area (Å²) in [6.07, 6.45) is 5.13. The van der Waals surface area contributed by atoms with E-state index >= 15 is 0 Å². The lowest BCUT2D eigenvalue weighted by molar-refractivity contribution is -0.140. The molecule has 2 aliphatic heterocycles. The third-order valence-electron chi connectivity index (χ3n) is 5.33. The van der Waals surface area contributed by atoms with Crippen LogP contribution in [-0.2, 0) is 9.59 Å². The number of carbonyl (C=O) groups excluding carboxylic acids is 2. The van der Waals surface area contributed by atoms with Gasteiger partial charge in [0.1, 0.15) is 0 Å². The van der Waals surface area contributed by atoms with E-state index in [0.29, 0.717) is 18.4 Å². The van der Waals surface area contributed by atoms with Crippen molar-refractivity contribution in [2.24, 2.45) is 23.7 Å². The Morgan fingerprint density at radius 2 is 1.84 bits per heavy atom. The highest BCUT2D eigenvalue weighted by Gasteiger charge is 2.51. The number of likely N-dealkylation sites (tertiary alicyclic amines) is 1. The maximum Gasteiger partial charge on any atom is 0.233 e. The first-order valence-electron chi connectivity index (χ1n) is 7.76. The van der Waals surface area contributed by atoms with Gasteiger partial charge in [0.05, 0.1) is 11.8 Å². The molecule has 0 aromatic carbocycles. The molecule has 1 saturated carbocycles. The summed E-state index contributed by atoms with van der Waals surface area (Å²) in [5, 5.41) is 3.34. The summed E-state index contributed by atoms with van der Waals surface area (Å²) in [6.45, 7) is 4.93. The van der Waals surface area contributed by atoms with Crippen molar-refractivity contribution in [1.82, 2.24) is 10.2 Å². The molecule has 2 saturated heterocycles. The molecule has 4 heteroatoms. The number of nitrogens with one attached hydrogen (secondary N) is 1. The molecule has 2 amide bonds. The minimum atomic E-state index is 0.0131. The fourth-order valence-corrected chi connectivity index (χ4v) is 4.02. The first-order chi connectivity index (χ1) is 9.20. The van der Waals surface area contributed by atoms with Gasteiger partial charge < -0.3 is 5.32 Å². The zero-order valence-corrected chi connectivity index (χ0v) is 11.7. The Morgan fingerprint density at radius 1 is 1.16 bits per heavy atom. The second-order valence-electron chi connectivity index (χ2n) is 6.43. The van der Waals surface area contributed by atoms with Crippen molar-refractivity contribution < 1.29 is 9.59 Å². The zero-order chi connectivity index (χ0) is 13.4. The minimum Gasteiger partial charge on any atom is -0.316 e. The second-order valence-corrected chi connectivity index (χ2v) is 6.43. The summed E-state index contributed by atoms with van der Waals surface area (Å²) in [5.74, 6) is 1.50. The van der Waals surface area contributed by atoms with Crippen LogP contribution in [-0.4, -0.2) is 36.3 Å². The van der Waals surface area contributed by atoms with Crippen molar-refractivity contribution in [1.29, 1.82) is 0 Å². The van der Waals surface area contributed by atoms with Gasteiger partial charge in [-0.05, 0) is 50.6 Å². The highest BCUT2D eigenvalue weighted by atomic mass is 16.2. The van der Waals surface area contributed by atoms with Crippen molar-refractivity contribution in [2.75, 3.05) is 19.6 Å². The summed E-state index contributed by atoms with van der Waals surface area (Å²) in [7, 11) is 0. The van der Waals surface area contributed by atoms with Crippen LogP contribution in [0.1, 0.15) is 39.0 Å². The molecule has 19 heavy (non-hydrogen) atoms. The van der Waals surface area contributed by atoms with Crippen molar-refractivity contribution >= 4 is 11.8 Å². The summed E-state index contributed by atoms with van der Waals surface area (Å²) < 4.78 is 0. The lowest BCUT2D eigenvalue weighted by Gasteiger charge is -2.19. The fourth-order valence-electron chi connectivity index (χ4n) is 4.02. The van der Waals surface area contributed by atoms with Gasteiger partial charge in [-0.1, -0.05) is 13.3 Å². The van der Waals surface area contributed by atoms with E-state index in [1.165, 1.54) is 6.42 Å². The van der Waals surface area contributed by atoms with E-state index in [0.717, 1.165) is 38.8 Å². The fraction of sp³-hybridized carbons (Fsp3) is 0.867. The van der Waals surface area contributed by atoms with Gasteiger partial charge >= 0.3 is 0 Å². The summed E-state index contributed by atoms with van der Waals surface area (Å²) >= 11 is 0. The molecule has 3 aliphatic rings. The van der Waals surface area contributed by atoms with E-state index in [1.54, 1.807) is 4.90 Å². The number of fused-ring (bicyclic) bond motifs is 1. The first-order valence-corrected chi connectivity index (χ1v) is 7.76. The minimum absolute atomic E-state index is 0.0131. The molecule has 2 heterocycles. The normalized spacial score (nSPS) is 38.3. The van der Waals surface area contributed by atoms with Gasteiger partial charge in [0, 0.05) is 6.54 Å². The van der Waals surface area contributed by atoms with Crippen molar-refractivity contribution in [3.63, 3.8) is 0 Å². The standard InChI is InChI=1S/C15H24N2O2/c1-2-10-7-12-13(8-10)15(19)17(14(12)18)6-4-11-3-5-16-9-11/h10-13,16H,2-9H2,1H3. The highest BCUT2D eigenvalue weighted by molar-refractivity contribution is 6.05. The Kier molecular flexibility index (Phi) is 3.61. The first kappa shape index (κ1) is 13.1. The molecular weight excluding hydrogens is 240 g/mol. The van der Waals surface area contributed by atoms with Crippen LogP contribution in [0.5, 0.6) is 0 Å². The molecule has 3 atom stereocenters. The predicted octanol–water partition coefficient (Wildman–Crippen LogP) is 1.41. The van der Waals surface area contributed by atoms with Crippen molar-refractivity contribution in [3.05, 3.63) is 0 Å². The summed E-state index contributed by atoms with van der Waals surface area (Å²) in [6, 6.07) is 0. The van der Waals surface area contributed by atoms with Crippen LogP contribution >= 0.6 is 0 Å². The molecule has 0 bridgehead atoms. The highest BCUT2D eigenvalue weighted by Crippen LogP contribution is 2.44. The van der Waals surface area contributed by atoms with E-state index in [2.05, 4.69) is 12.2 Å². The van der Waals surface area contributed by atoms with Crippen LogP contribution in [0.3, 0.4) is 0 Å². The number of amides is 2. The van der Waals surface area contributed by atoms with Crippen LogP contribution in [0, 0.1) is 23.7 Å². The van der Waals surface area contributed by atoms with E-state index in [-0.39, 0.29) is 23.7 Å². The van der Waals surface area contributed by atoms with Gasteiger partial charge in [0.15, 0.2) is 0 Å². The number of nitrogens with zero attached hydrogens (tertiary/aromatic N) is 1. The Balaban J connectivity index is 1.59. The monoisotopic (exact) mass is 264 g/mol. The molecule has 0 aromatic rings. The summed E-state index contributed by atoms with van der Waals surface area (Å²) in [4.78, 5) is 26.3. The Bertz CT molecular complexity index is 352. The molecule has 1 aliphatic carbocycles. The smallest absolute Gasteiger partial charge is 0.233 e. The van der Waals surface area contributed by atoms with Crippen LogP contribution < -0.4 is 5.32 Å². The van der Waals surface area contributed by atoms with E-state index in [1.807, 2.05) is 0 Å². The van der Waals surface area contributed by atoms with Gasteiger partial charge in [0.2, 0.25) is 11.8 Å². The molecule has 3 unspecified atom stereocenters. The largest absolute Gasteiger partial charge is 0.316 e. The number of imide groups is 1. The van der Waals surface area contributed by atoms with Gasteiger partial charge in [-0.15, -0.1) is 0 Å². The topological polar surface area (TPSA) is 49.4 Å². The number of hydrogen-bond acceptors (Lipinski definition) is 3. The molecule has 0 aromatic heterocycles. The molecule has 0 spiro atoms. The SMILES string of the molecule is CCC1CC2C(=O)N(CCC3CCNC3)C(=O)C2C1. The summed E-state index contributed by atoms with van der Waals surface area (Å²) in [5.41, 5.74) is 0. The zero-order valence-electron chi connectivity index (χ0n) is 11.7. The van der Waals surface area contributed by atoms with E-state index in [4.69, 9.17) is 0 Å². The lowest BCUT2D eigenvalue weighted by Crippen LogP contribution is -2.34. The Hall–Kier alpha value is -0.900. The molecular formula is C15H24N2O2. The van der Waals surface area contributed by atoms with Gasteiger partial charge in [-0.3, -0.25) is 14.5 Å². The van der Waals surface area contributed by atoms with Crippen LogP contribution in [0.4, 0.5) is 0 Å². The number of carbonyl (C=O) groups is 2. The molecule has 3 fully saturated rings. The Labute approximate surface area is 114 Å². The van der Waals surface area contributed by atoms with Gasteiger partial charge in [-0.25, -0.2) is 0 Å². The van der Waals surface area contributed by atoms with Crippen molar-refractivity contribution in [3.8, 4) is 0 Å². The van der Waals surface area contributed by atoms with Crippen molar-refractivity contribution in [2.45, 2.75) is 39.0 Å². The second kappa shape index (κ2) is 5.23. The van der Waals surface area contributed by atoms with Crippen LogP contribution in [0.25, 0.3) is 0 Å². The molecule has 4 nitrogen and oxygen atoms in total. The van der Waals surface area contributed by atoms with E-state index in [9.17, 15) is 9.59 Å². The number of rotatable bonds is 4. The van der Waals surface area contributed by atoms with Gasteiger partial charge in [-0.2, -0.15) is 0 Å². The van der Waals surface area contributed by atoms with Crippen LogP contribution in [0.2, 0.25) is 0 Å². The van der Waals surface area contributed by atoms with E-state index < -0.39 is 0 Å². The predicted molar refractivity (Wildman–Crippen MR) is 72.3 cm³/mol. The number of hydrogen-bond donors (Lipinski definition) is 1.